The number of nitrogens with zero attached hydrogens (tertiary/aromatic N) is 2. The maximum atomic E-state index is 13.4. The fourth-order valence-electron chi connectivity index (χ4n) is 3.75. The van der Waals surface area contributed by atoms with Crippen molar-refractivity contribution >= 4 is 5.91 Å². The van der Waals surface area contributed by atoms with Gasteiger partial charge in [0.25, 0.3) is 5.91 Å². The number of halogens is 1. The van der Waals surface area contributed by atoms with Crippen LogP contribution in [0.3, 0.4) is 0 Å². The predicted octanol–water partition coefficient (Wildman–Crippen LogP) is 4.20. The molecule has 1 aliphatic rings. The molecular weight excluding hydrogens is 399 g/mol. The van der Waals surface area contributed by atoms with Crippen molar-refractivity contribution in [3.8, 4) is 11.5 Å². The van der Waals surface area contributed by atoms with Crippen LogP contribution in [0.25, 0.3) is 0 Å². The van der Waals surface area contributed by atoms with Crippen molar-refractivity contribution in [3.63, 3.8) is 0 Å². The number of ether oxygens (including phenoxy) is 2. The van der Waals surface area contributed by atoms with Gasteiger partial charge in [0.05, 0.1) is 19.2 Å². The Morgan fingerprint density at radius 1 is 1.23 bits per heavy atom. The van der Waals surface area contributed by atoms with Crippen LogP contribution in [0.2, 0.25) is 0 Å². The van der Waals surface area contributed by atoms with Gasteiger partial charge in [-0.1, -0.05) is 12.1 Å². The number of benzene rings is 2. The Kier molecular flexibility index (Phi) is 6.50. The molecule has 31 heavy (non-hydrogen) atoms. The Bertz CT molecular complexity index is 1020. The van der Waals surface area contributed by atoms with Crippen LogP contribution in [0.1, 0.15) is 36.0 Å². The average Bonchev–Trinajstić information content (AvgIpc) is 3.26. The molecule has 0 saturated carbocycles. The highest BCUT2D eigenvalue weighted by Crippen LogP contribution is 2.27. The summed E-state index contributed by atoms with van der Waals surface area (Å²) in [7, 11) is 1.60. The molecule has 7 heteroatoms. The third-order valence-electron chi connectivity index (χ3n) is 5.38. The van der Waals surface area contributed by atoms with E-state index in [1.165, 1.54) is 12.1 Å². The number of hydrogen-bond acceptors (Lipinski definition) is 5. The van der Waals surface area contributed by atoms with Gasteiger partial charge in [0.1, 0.15) is 23.1 Å². The van der Waals surface area contributed by atoms with E-state index in [1.54, 1.807) is 48.5 Å². The van der Waals surface area contributed by atoms with Crippen molar-refractivity contribution in [2.45, 2.75) is 25.2 Å². The molecule has 1 amide bonds. The molecule has 0 unspecified atom stereocenters. The molecule has 0 aliphatic carbocycles. The lowest BCUT2D eigenvalue weighted by atomic mass is 9.98. The summed E-state index contributed by atoms with van der Waals surface area (Å²) in [4.78, 5) is 18.9. The van der Waals surface area contributed by atoms with Crippen LogP contribution in [-0.2, 0) is 11.2 Å². The van der Waals surface area contributed by atoms with Crippen LogP contribution in [-0.4, -0.2) is 42.6 Å². The lowest BCUT2D eigenvalue weighted by Gasteiger charge is -2.31. The molecule has 0 bridgehead atoms. The van der Waals surface area contributed by atoms with Crippen molar-refractivity contribution in [3.05, 3.63) is 77.8 Å². The number of carbonyl (C=O) groups is 1. The van der Waals surface area contributed by atoms with Gasteiger partial charge in [-0.05, 0) is 54.8 Å². The molecule has 1 atom stereocenters. The number of carbonyl (C=O) groups excluding carboxylic acids is 1. The van der Waals surface area contributed by atoms with E-state index >= 15 is 0 Å². The number of oxazole rings is 1. The zero-order valence-corrected chi connectivity index (χ0v) is 17.4. The fourth-order valence-corrected chi connectivity index (χ4v) is 3.75. The summed E-state index contributed by atoms with van der Waals surface area (Å²) < 4.78 is 30.1. The van der Waals surface area contributed by atoms with E-state index in [4.69, 9.17) is 13.9 Å². The molecule has 1 saturated heterocycles. The van der Waals surface area contributed by atoms with Gasteiger partial charge in [-0.15, -0.1) is 0 Å². The van der Waals surface area contributed by atoms with E-state index in [0.717, 1.165) is 24.2 Å². The number of hydrogen-bond donors (Lipinski definition) is 0. The molecule has 1 aliphatic heterocycles. The highest BCUT2D eigenvalue weighted by Gasteiger charge is 2.28. The number of methoxy groups -OCH3 is 1. The summed E-state index contributed by atoms with van der Waals surface area (Å²) in [6, 6.07) is 13.6. The molecule has 0 N–H and O–H groups in total. The van der Waals surface area contributed by atoms with Crippen molar-refractivity contribution in [2.75, 3.05) is 26.8 Å². The Morgan fingerprint density at radius 3 is 2.81 bits per heavy atom. The highest BCUT2D eigenvalue weighted by molar-refractivity contribution is 5.78. The predicted molar refractivity (Wildman–Crippen MR) is 113 cm³/mol. The summed E-state index contributed by atoms with van der Waals surface area (Å²) in [5.41, 5.74) is 0.832. The molecule has 1 fully saturated rings. The van der Waals surface area contributed by atoms with Crippen molar-refractivity contribution in [1.82, 2.24) is 9.88 Å². The lowest BCUT2D eigenvalue weighted by Crippen LogP contribution is -2.41. The quantitative estimate of drug-likeness (QED) is 0.569. The van der Waals surface area contributed by atoms with E-state index in [0.29, 0.717) is 36.9 Å². The van der Waals surface area contributed by atoms with Gasteiger partial charge in [-0.25, -0.2) is 9.37 Å². The van der Waals surface area contributed by atoms with Crippen LogP contribution in [0.5, 0.6) is 11.5 Å². The molecule has 3 aromatic rings. The summed E-state index contributed by atoms with van der Waals surface area (Å²) >= 11 is 0. The van der Waals surface area contributed by atoms with Crippen LogP contribution in [0.15, 0.2) is 59.1 Å². The Hall–Kier alpha value is -3.35. The Balaban J connectivity index is 1.32. The highest BCUT2D eigenvalue weighted by atomic mass is 19.1. The second-order valence-electron chi connectivity index (χ2n) is 7.61. The zero-order chi connectivity index (χ0) is 21.6. The van der Waals surface area contributed by atoms with Crippen LogP contribution >= 0.6 is 0 Å². The summed E-state index contributed by atoms with van der Waals surface area (Å²) in [6.45, 7) is 1.22. The second kappa shape index (κ2) is 9.64. The van der Waals surface area contributed by atoms with E-state index < -0.39 is 0 Å². The lowest BCUT2D eigenvalue weighted by molar-refractivity contribution is -0.134. The minimum Gasteiger partial charge on any atom is -0.497 e. The summed E-state index contributed by atoms with van der Waals surface area (Å²) in [6.07, 6.45) is 3.95. The van der Waals surface area contributed by atoms with Gasteiger partial charge in [0.15, 0.2) is 12.5 Å². The first-order valence-corrected chi connectivity index (χ1v) is 10.3. The normalized spacial score (nSPS) is 16.2. The molecule has 1 aromatic heterocycles. The average molecular weight is 424 g/mol. The van der Waals surface area contributed by atoms with Gasteiger partial charge in [-0.3, -0.25) is 4.79 Å². The molecule has 2 heterocycles. The molecule has 4 rings (SSSR count). The van der Waals surface area contributed by atoms with E-state index in [2.05, 4.69) is 4.98 Å². The first-order chi connectivity index (χ1) is 15.1. The van der Waals surface area contributed by atoms with Crippen molar-refractivity contribution in [1.29, 1.82) is 0 Å². The van der Waals surface area contributed by atoms with E-state index in [9.17, 15) is 9.18 Å². The smallest absolute Gasteiger partial charge is 0.260 e. The third-order valence-corrected chi connectivity index (χ3v) is 5.38. The fraction of sp³-hybridized carbons (Fsp3) is 0.333. The SMILES string of the molecule is COc1ccc(OCC(=O)N2CCC[C@@H](c3ncc(Cc4cccc(F)c4)o3)C2)cc1. The molecule has 0 radical (unpaired) electrons. The van der Waals surface area contributed by atoms with Gasteiger partial charge < -0.3 is 18.8 Å². The number of likely N-dealkylation sites (tertiary alicyclic amines) is 1. The van der Waals surface area contributed by atoms with Gasteiger partial charge >= 0.3 is 0 Å². The summed E-state index contributed by atoms with van der Waals surface area (Å²) in [5.74, 6) is 2.38. The number of piperidine rings is 1. The maximum absolute atomic E-state index is 13.4. The third kappa shape index (κ3) is 5.42. The first kappa shape index (κ1) is 20.9. The molecule has 162 valence electrons. The molecule has 2 aromatic carbocycles. The minimum absolute atomic E-state index is 0.0184. The van der Waals surface area contributed by atoms with Gasteiger partial charge in [-0.2, -0.15) is 0 Å². The van der Waals surface area contributed by atoms with Crippen LogP contribution in [0.4, 0.5) is 4.39 Å². The first-order valence-electron chi connectivity index (χ1n) is 10.3. The van der Waals surface area contributed by atoms with Crippen LogP contribution in [0, 0.1) is 5.82 Å². The maximum Gasteiger partial charge on any atom is 0.260 e. The molecule has 0 spiro atoms. The number of aromatic nitrogens is 1. The topological polar surface area (TPSA) is 64.8 Å². The second-order valence-corrected chi connectivity index (χ2v) is 7.61. The van der Waals surface area contributed by atoms with Crippen LogP contribution < -0.4 is 9.47 Å². The molecule has 6 nitrogen and oxygen atoms in total. The summed E-state index contributed by atoms with van der Waals surface area (Å²) in [5, 5.41) is 0. The number of rotatable bonds is 7. The van der Waals surface area contributed by atoms with Crippen molar-refractivity contribution in [2.24, 2.45) is 0 Å². The number of amides is 1. The Labute approximate surface area is 180 Å². The minimum atomic E-state index is -0.268. The van der Waals surface area contributed by atoms with Crippen molar-refractivity contribution < 1.29 is 23.1 Å². The standard InChI is InChI=1S/C24H25FN2O4/c1-29-20-7-9-21(10-8-20)30-16-23(28)27-11-3-5-18(15-27)24-26-14-22(31-24)13-17-4-2-6-19(25)12-17/h2,4,6-10,12,14,18H,3,5,11,13,15-16H2,1H3/t18-/m1/s1. The Morgan fingerprint density at radius 2 is 2.03 bits per heavy atom. The molecular formula is C24H25FN2O4. The van der Waals surface area contributed by atoms with Gasteiger partial charge in [0.2, 0.25) is 0 Å². The van der Waals surface area contributed by atoms with E-state index in [1.807, 2.05) is 6.07 Å². The van der Waals surface area contributed by atoms with E-state index in [-0.39, 0.29) is 24.2 Å². The largest absolute Gasteiger partial charge is 0.497 e. The zero-order valence-electron chi connectivity index (χ0n) is 17.4. The van der Waals surface area contributed by atoms with Gasteiger partial charge in [0, 0.05) is 19.5 Å². The monoisotopic (exact) mass is 424 g/mol.